The first-order valence-corrected chi connectivity index (χ1v) is 12.3. The predicted molar refractivity (Wildman–Crippen MR) is 132 cm³/mol. The molecule has 0 fully saturated rings. The van der Waals surface area contributed by atoms with Gasteiger partial charge >= 0.3 is 12.4 Å². The zero-order valence-electron chi connectivity index (χ0n) is 20.6. The van der Waals surface area contributed by atoms with Crippen LogP contribution in [0.1, 0.15) is 44.3 Å². The number of hydrogen-bond acceptors (Lipinski definition) is 6. The summed E-state index contributed by atoms with van der Waals surface area (Å²) >= 11 is 1.17. The summed E-state index contributed by atoms with van der Waals surface area (Å²) in [6.45, 7) is 5.46. The van der Waals surface area contributed by atoms with E-state index in [1.54, 1.807) is 32.0 Å². The molecule has 4 rings (SSSR count). The average molecular weight is 567 g/mol. The second-order valence-corrected chi connectivity index (χ2v) is 9.55. The average Bonchev–Trinajstić information content (AvgIpc) is 3.25. The highest BCUT2D eigenvalue weighted by Crippen LogP contribution is 2.37. The number of benzene rings is 2. The Morgan fingerprint density at radius 2 is 1.44 bits per heavy atom. The van der Waals surface area contributed by atoms with Crippen LogP contribution in [0, 0.1) is 20.8 Å². The van der Waals surface area contributed by atoms with Crippen LogP contribution in [0.5, 0.6) is 0 Å². The Kier molecular flexibility index (Phi) is 7.68. The Balaban J connectivity index is 1.72. The standard InChI is InChI=1S/C25H20F6N6OS/c1-13-4-6-19(7-5-13)37-20(12-39-23-32-14(2)8-15(3)33-23)21(35-36-37)22(38)34-18-10-16(24(26,27)28)9-17(11-18)25(29,30)31/h4-11H,12H2,1-3H3,(H,34,38). The van der Waals surface area contributed by atoms with Crippen LogP contribution in [-0.2, 0) is 18.1 Å². The van der Waals surface area contributed by atoms with E-state index in [4.69, 9.17) is 0 Å². The van der Waals surface area contributed by atoms with Crippen molar-refractivity contribution in [2.45, 2.75) is 44.0 Å². The van der Waals surface area contributed by atoms with E-state index in [0.717, 1.165) is 17.0 Å². The van der Waals surface area contributed by atoms with E-state index in [-0.39, 0.29) is 23.2 Å². The van der Waals surface area contributed by atoms with Crippen molar-refractivity contribution in [3.63, 3.8) is 0 Å². The number of hydrogen-bond donors (Lipinski definition) is 1. The van der Waals surface area contributed by atoms with Gasteiger partial charge in [-0.1, -0.05) is 34.7 Å². The molecule has 0 saturated carbocycles. The number of aromatic nitrogens is 5. The highest BCUT2D eigenvalue weighted by Gasteiger charge is 2.37. The molecule has 1 amide bonds. The summed E-state index contributed by atoms with van der Waals surface area (Å²) in [5, 5.41) is 10.5. The lowest BCUT2D eigenvalue weighted by molar-refractivity contribution is -0.143. The maximum atomic E-state index is 13.3. The summed E-state index contributed by atoms with van der Waals surface area (Å²) in [6.07, 6.45) is -10.1. The fourth-order valence-corrected chi connectivity index (χ4v) is 4.55. The van der Waals surface area contributed by atoms with Crippen molar-refractivity contribution in [3.8, 4) is 5.69 Å². The van der Waals surface area contributed by atoms with Crippen molar-refractivity contribution in [1.82, 2.24) is 25.0 Å². The SMILES string of the molecule is Cc1ccc(-n2nnc(C(=O)Nc3cc(C(F)(F)F)cc(C(F)(F)F)c3)c2CSc2nc(C)cc(C)n2)cc1. The molecule has 2 aromatic heterocycles. The lowest BCUT2D eigenvalue weighted by atomic mass is 10.1. The van der Waals surface area contributed by atoms with Crippen molar-refractivity contribution < 1.29 is 31.1 Å². The molecule has 0 unspecified atom stereocenters. The molecule has 0 bridgehead atoms. The topological polar surface area (TPSA) is 85.6 Å². The zero-order chi connectivity index (χ0) is 28.5. The van der Waals surface area contributed by atoms with E-state index in [0.29, 0.717) is 23.0 Å². The molecule has 39 heavy (non-hydrogen) atoms. The smallest absolute Gasteiger partial charge is 0.321 e. The van der Waals surface area contributed by atoms with Crippen molar-refractivity contribution >= 4 is 23.4 Å². The van der Waals surface area contributed by atoms with Crippen LogP contribution in [-0.4, -0.2) is 30.9 Å². The molecule has 0 spiro atoms. The highest BCUT2D eigenvalue weighted by molar-refractivity contribution is 7.98. The summed E-state index contributed by atoms with van der Waals surface area (Å²) < 4.78 is 81.0. The van der Waals surface area contributed by atoms with Crippen LogP contribution >= 0.6 is 11.8 Å². The van der Waals surface area contributed by atoms with Gasteiger partial charge in [0, 0.05) is 22.8 Å². The summed E-state index contributed by atoms with van der Waals surface area (Å²) in [7, 11) is 0. The van der Waals surface area contributed by atoms with Crippen LogP contribution in [0.25, 0.3) is 5.69 Å². The van der Waals surface area contributed by atoms with Crippen LogP contribution in [0.2, 0.25) is 0 Å². The molecule has 0 atom stereocenters. The van der Waals surface area contributed by atoms with E-state index in [2.05, 4.69) is 25.6 Å². The molecular formula is C25H20F6N6OS. The predicted octanol–water partition coefficient (Wildman–Crippen LogP) is 6.56. The normalized spacial score (nSPS) is 12.0. The molecule has 0 aliphatic rings. The molecule has 7 nitrogen and oxygen atoms in total. The minimum atomic E-state index is -5.07. The highest BCUT2D eigenvalue weighted by atomic mass is 32.2. The monoisotopic (exact) mass is 566 g/mol. The number of carbonyl (C=O) groups excluding carboxylic acids is 1. The lowest BCUT2D eigenvalue weighted by Gasteiger charge is -2.14. The molecule has 204 valence electrons. The molecular weight excluding hydrogens is 546 g/mol. The van der Waals surface area contributed by atoms with E-state index >= 15 is 0 Å². The largest absolute Gasteiger partial charge is 0.416 e. The minimum absolute atomic E-state index is 0.0186. The van der Waals surface area contributed by atoms with Gasteiger partial charge in [0.1, 0.15) is 0 Å². The Morgan fingerprint density at radius 1 is 0.872 bits per heavy atom. The Hall–Kier alpha value is -3.94. The quantitative estimate of drug-likeness (QED) is 0.162. The number of nitrogens with one attached hydrogen (secondary N) is 1. The molecule has 0 saturated heterocycles. The van der Waals surface area contributed by atoms with E-state index in [9.17, 15) is 31.1 Å². The lowest BCUT2D eigenvalue weighted by Crippen LogP contribution is -2.17. The summed E-state index contributed by atoms with van der Waals surface area (Å²) in [5.41, 5.74) is -0.897. The van der Waals surface area contributed by atoms with Gasteiger partial charge in [0.05, 0.1) is 22.5 Å². The maximum Gasteiger partial charge on any atom is 0.416 e. The molecule has 0 aliphatic carbocycles. The number of alkyl halides is 6. The summed E-state index contributed by atoms with van der Waals surface area (Å²) in [4.78, 5) is 21.8. The molecule has 0 radical (unpaired) electrons. The fourth-order valence-electron chi connectivity index (χ4n) is 3.61. The van der Waals surface area contributed by atoms with Gasteiger partial charge in [-0.05, 0) is 57.2 Å². The third-order valence-corrected chi connectivity index (χ3v) is 6.26. The second kappa shape index (κ2) is 10.7. The first kappa shape index (κ1) is 28.1. The van der Waals surface area contributed by atoms with Gasteiger partial charge in [0.2, 0.25) is 0 Å². The summed E-state index contributed by atoms with van der Waals surface area (Å²) in [5.74, 6) is -0.958. The van der Waals surface area contributed by atoms with Gasteiger partial charge in [0.15, 0.2) is 10.9 Å². The maximum absolute atomic E-state index is 13.3. The van der Waals surface area contributed by atoms with Gasteiger partial charge in [-0.2, -0.15) is 26.3 Å². The van der Waals surface area contributed by atoms with Crippen molar-refractivity contribution in [2.24, 2.45) is 0 Å². The number of thioether (sulfide) groups is 1. The van der Waals surface area contributed by atoms with Gasteiger partial charge in [-0.25, -0.2) is 14.6 Å². The molecule has 2 heterocycles. The Bertz CT molecular complexity index is 1460. The third kappa shape index (κ3) is 6.74. The van der Waals surface area contributed by atoms with Crippen LogP contribution in [0.15, 0.2) is 53.7 Å². The summed E-state index contributed by atoms with van der Waals surface area (Å²) in [6, 6.07) is 9.69. The number of halogens is 6. The van der Waals surface area contributed by atoms with Crippen LogP contribution in [0.3, 0.4) is 0 Å². The van der Waals surface area contributed by atoms with E-state index < -0.39 is 35.1 Å². The van der Waals surface area contributed by atoms with Gasteiger partial charge in [-0.3, -0.25) is 4.79 Å². The van der Waals surface area contributed by atoms with Gasteiger partial charge in [-0.15, -0.1) is 5.10 Å². The Morgan fingerprint density at radius 3 is 1.97 bits per heavy atom. The number of nitrogens with zero attached hydrogens (tertiary/aromatic N) is 5. The minimum Gasteiger partial charge on any atom is -0.321 e. The number of anilines is 1. The molecule has 1 N–H and O–H groups in total. The van der Waals surface area contributed by atoms with Crippen LogP contribution < -0.4 is 5.32 Å². The van der Waals surface area contributed by atoms with Crippen LogP contribution in [0.4, 0.5) is 32.0 Å². The van der Waals surface area contributed by atoms with Crippen molar-refractivity contribution in [3.05, 3.63) is 88.0 Å². The Labute approximate surface area is 222 Å². The van der Waals surface area contributed by atoms with Gasteiger partial charge < -0.3 is 5.32 Å². The third-order valence-electron chi connectivity index (χ3n) is 5.40. The van der Waals surface area contributed by atoms with Crippen molar-refractivity contribution in [2.75, 3.05) is 5.32 Å². The molecule has 14 heteroatoms. The molecule has 2 aromatic carbocycles. The number of rotatable bonds is 6. The molecule has 0 aliphatic heterocycles. The fraction of sp³-hybridized carbons (Fsp3) is 0.240. The van der Waals surface area contributed by atoms with E-state index in [1.165, 1.54) is 16.4 Å². The first-order chi connectivity index (χ1) is 18.2. The second-order valence-electron chi connectivity index (χ2n) is 8.60. The first-order valence-electron chi connectivity index (χ1n) is 11.3. The number of carbonyl (C=O) groups is 1. The van der Waals surface area contributed by atoms with Crippen molar-refractivity contribution in [1.29, 1.82) is 0 Å². The number of amides is 1. The molecule has 4 aromatic rings. The van der Waals surface area contributed by atoms with Gasteiger partial charge in [0.25, 0.3) is 5.91 Å². The number of aryl methyl sites for hydroxylation is 3. The van der Waals surface area contributed by atoms with E-state index in [1.807, 2.05) is 19.1 Å². The zero-order valence-corrected chi connectivity index (χ0v) is 21.5.